The topological polar surface area (TPSA) is 108 Å². The van der Waals surface area contributed by atoms with Gasteiger partial charge in [0.15, 0.2) is 5.75 Å². The molecule has 0 aromatic heterocycles. The lowest BCUT2D eigenvalue weighted by Gasteiger charge is -2.34. The third-order valence-corrected chi connectivity index (χ3v) is 5.63. The first-order chi connectivity index (χ1) is 16.6. The SMILES string of the molecule is CN(C)C(=O)c1cccc(Nc2c(NC(c3ccc(OC(C)(C)C)cc3)C(C)(C)C)c(=O)c2=O)c1O. The van der Waals surface area contributed by atoms with Gasteiger partial charge in [-0.2, -0.15) is 0 Å². The van der Waals surface area contributed by atoms with Crippen LogP contribution in [0.25, 0.3) is 0 Å². The smallest absolute Gasteiger partial charge is 0.257 e. The van der Waals surface area contributed by atoms with Crippen molar-refractivity contribution in [1.29, 1.82) is 0 Å². The highest BCUT2D eigenvalue weighted by atomic mass is 16.5. The summed E-state index contributed by atoms with van der Waals surface area (Å²) < 4.78 is 5.91. The Morgan fingerprint density at radius 1 is 0.917 bits per heavy atom. The number of nitrogens with zero attached hydrogens (tertiary/aromatic N) is 1. The molecule has 3 rings (SSSR count). The van der Waals surface area contributed by atoms with Crippen LogP contribution in [0, 0.1) is 5.41 Å². The third-order valence-electron chi connectivity index (χ3n) is 5.63. The molecule has 0 radical (unpaired) electrons. The molecule has 1 atom stereocenters. The van der Waals surface area contributed by atoms with E-state index >= 15 is 0 Å². The second kappa shape index (κ2) is 9.68. The van der Waals surface area contributed by atoms with Crippen LogP contribution in [-0.4, -0.2) is 35.6 Å². The lowest BCUT2D eigenvalue weighted by atomic mass is 9.82. The number of ether oxygens (including phenoxy) is 1. The maximum absolute atomic E-state index is 12.6. The summed E-state index contributed by atoms with van der Waals surface area (Å²) in [5.41, 5.74) is -0.620. The second-order valence-corrected chi connectivity index (χ2v) is 11.2. The molecule has 8 nitrogen and oxygen atoms in total. The van der Waals surface area contributed by atoms with Gasteiger partial charge in [-0.3, -0.25) is 14.4 Å². The minimum atomic E-state index is -0.692. The number of carbonyl (C=O) groups excluding carboxylic acids is 1. The molecule has 1 amide bonds. The minimum absolute atomic E-state index is 0.0479. The van der Waals surface area contributed by atoms with Crippen molar-refractivity contribution in [3.63, 3.8) is 0 Å². The fraction of sp³-hybridized carbons (Fsp3) is 0.393. The number of aromatic hydroxyl groups is 1. The maximum Gasteiger partial charge on any atom is 0.257 e. The Morgan fingerprint density at radius 3 is 2.03 bits per heavy atom. The molecule has 0 aliphatic heterocycles. The van der Waals surface area contributed by atoms with E-state index in [-0.39, 0.29) is 51.3 Å². The van der Waals surface area contributed by atoms with Gasteiger partial charge in [-0.25, -0.2) is 0 Å². The van der Waals surface area contributed by atoms with Crippen LogP contribution in [0.3, 0.4) is 0 Å². The molecule has 192 valence electrons. The lowest BCUT2D eigenvalue weighted by molar-refractivity contribution is 0.0824. The molecule has 0 bridgehead atoms. The Balaban J connectivity index is 1.93. The van der Waals surface area contributed by atoms with Crippen molar-refractivity contribution in [1.82, 2.24) is 4.90 Å². The number of para-hydroxylation sites is 1. The van der Waals surface area contributed by atoms with Crippen molar-refractivity contribution in [3.8, 4) is 11.5 Å². The number of nitrogens with one attached hydrogen (secondary N) is 2. The molecule has 3 N–H and O–H groups in total. The average Bonchev–Trinajstić information content (AvgIpc) is 2.77. The van der Waals surface area contributed by atoms with Crippen LogP contribution in [0.2, 0.25) is 0 Å². The van der Waals surface area contributed by atoms with Crippen LogP contribution >= 0.6 is 0 Å². The molecule has 0 aliphatic carbocycles. The predicted molar refractivity (Wildman–Crippen MR) is 143 cm³/mol. The first kappa shape index (κ1) is 26.8. The van der Waals surface area contributed by atoms with Gasteiger partial charge in [-0.15, -0.1) is 0 Å². The summed E-state index contributed by atoms with van der Waals surface area (Å²) in [6.07, 6.45) is 0. The van der Waals surface area contributed by atoms with Crippen LogP contribution in [0.15, 0.2) is 52.1 Å². The van der Waals surface area contributed by atoms with Gasteiger partial charge in [0.05, 0.1) is 17.3 Å². The van der Waals surface area contributed by atoms with Gasteiger partial charge >= 0.3 is 0 Å². The van der Waals surface area contributed by atoms with Gasteiger partial charge in [0.2, 0.25) is 0 Å². The van der Waals surface area contributed by atoms with E-state index in [2.05, 4.69) is 10.6 Å². The van der Waals surface area contributed by atoms with Crippen molar-refractivity contribution in [2.24, 2.45) is 5.41 Å². The van der Waals surface area contributed by atoms with Gasteiger partial charge < -0.3 is 25.4 Å². The molecule has 0 heterocycles. The lowest BCUT2D eigenvalue weighted by Crippen LogP contribution is -2.39. The monoisotopic (exact) mass is 493 g/mol. The molecule has 0 saturated heterocycles. The number of amides is 1. The third kappa shape index (κ3) is 5.70. The molecule has 0 fully saturated rings. The Morgan fingerprint density at radius 2 is 1.50 bits per heavy atom. The Kier molecular flexibility index (Phi) is 7.20. The highest BCUT2D eigenvalue weighted by molar-refractivity contribution is 5.99. The summed E-state index contributed by atoms with van der Waals surface area (Å²) in [5, 5.41) is 16.8. The Bertz CT molecular complexity index is 1320. The molecule has 3 aromatic carbocycles. The fourth-order valence-corrected chi connectivity index (χ4v) is 3.87. The summed E-state index contributed by atoms with van der Waals surface area (Å²) >= 11 is 0. The zero-order valence-electron chi connectivity index (χ0n) is 22.1. The van der Waals surface area contributed by atoms with Crippen molar-refractivity contribution >= 4 is 23.0 Å². The molecule has 0 saturated carbocycles. The zero-order chi connectivity index (χ0) is 27.0. The predicted octanol–water partition coefficient (Wildman–Crippen LogP) is 4.81. The van der Waals surface area contributed by atoms with Crippen LogP contribution in [0.5, 0.6) is 11.5 Å². The van der Waals surface area contributed by atoms with E-state index in [1.807, 2.05) is 65.8 Å². The zero-order valence-corrected chi connectivity index (χ0v) is 22.1. The molecular formula is C28H35N3O5. The van der Waals surface area contributed by atoms with Crippen molar-refractivity contribution < 1.29 is 14.6 Å². The largest absolute Gasteiger partial charge is 0.505 e. The molecule has 8 heteroatoms. The van der Waals surface area contributed by atoms with E-state index in [0.717, 1.165) is 11.3 Å². The van der Waals surface area contributed by atoms with Crippen molar-refractivity contribution in [3.05, 3.63) is 74.0 Å². The average molecular weight is 494 g/mol. The number of benzene rings is 2. The number of anilines is 3. The van der Waals surface area contributed by atoms with Crippen LogP contribution < -0.4 is 26.2 Å². The van der Waals surface area contributed by atoms with E-state index in [0.29, 0.717) is 0 Å². The number of hydrogen-bond donors (Lipinski definition) is 3. The highest BCUT2D eigenvalue weighted by Crippen LogP contribution is 2.39. The summed E-state index contributed by atoms with van der Waals surface area (Å²) in [7, 11) is 3.16. The molecule has 0 aliphatic rings. The van der Waals surface area contributed by atoms with E-state index < -0.39 is 10.9 Å². The maximum atomic E-state index is 12.6. The molecule has 0 spiro atoms. The number of carbonyl (C=O) groups is 1. The Labute approximate surface area is 211 Å². The summed E-state index contributed by atoms with van der Waals surface area (Å²) in [4.78, 5) is 38.7. The quantitative estimate of drug-likeness (QED) is 0.320. The number of rotatable bonds is 7. The standard InChI is InChI=1S/C28H35N3O5/c1-27(2,3)25(16-12-14-17(15-13-16)36-28(4,5)6)30-21-20(23(33)24(21)34)29-19-11-9-10-18(22(19)32)26(35)31(7)8/h9-15,25,29-30,32H,1-8H3. The van der Waals surface area contributed by atoms with E-state index in [1.165, 1.54) is 17.0 Å². The van der Waals surface area contributed by atoms with Gasteiger partial charge in [0, 0.05) is 14.1 Å². The van der Waals surface area contributed by atoms with E-state index in [1.54, 1.807) is 20.2 Å². The first-order valence-electron chi connectivity index (χ1n) is 11.8. The number of hydrogen-bond acceptors (Lipinski definition) is 7. The van der Waals surface area contributed by atoms with Crippen LogP contribution in [0.4, 0.5) is 17.1 Å². The fourth-order valence-electron chi connectivity index (χ4n) is 3.87. The van der Waals surface area contributed by atoms with Gasteiger partial charge in [0.25, 0.3) is 16.8 Å². The summed E-state index contributed by atoms with van der Waals surface area (Å²) in [6, 6.07) is 12.0. The normalized spacial score (nSPS) is 12.8. The molecule has 1 unspecified atom stereocenters. The molecule has 3 aromatic rings. The van der Waals surface area contributed by atoms with Crippen molar-refractivity contribution in [2.75, 3.05) is 24.7 Å². The Hall–Kier alpha value is -3.81. The van der Waals surface area contributed by atoms with Gasteiger partial charge in [0.1, 0.15) is 22.7 Å². The van der Waals surface area contributed by atoms with Gasteiger partial charge in [-0.1, -0.05) is 39.0 Å². The van der Waals surface area contributed by atoms with Crippen LogP contribution in [0.1, 0.15) is 63.5 Å². The first-order valence-corrected chi connectivity index (χ1v) is 11.8. The number of phenolic OH excluding ortho intramolecular Hbond substituents is 1. The second-order valence-electron chi connectivity index (χ2n) is 11.2. The van der Waals surface area contributed by atoms with Crippen molar-refractivity contribution in [2.45, 2.75) is 53.2 Å². The van der Waals surface area contributed by atoms with Crippen LogP contribution in [-0.2, 0) is 0 Å². The van der Waals surface area contributed by atoms with E-state index in [4.69, 9.17) is 4.74 Å². The van der Waals surface area contributed by atoms with E-state index in [9.17, 15) is 19.5 Å². The molecule has 36 heavy (non-hydrogen) atoms. The minimum Gasteiger partial charge on any atom is -0.505 e. The molecular weight excluding hydrogens is 458 g/mol. The summed E-state index contributed by atoms with van der Waals surface area (Å²) in [6.45, 7) is 12.0. The summed E-state index contributed by atoms with van der Waals surface area (Å²) in [5.74, 6) is 0.0567. The number of phenols is 1. The highest BCUT2D eigenvalue weighted by Gasteiger charge is 2.31. The van der Waals surface area contributed by atoms with Gasteiger partial charge in [-0.05, 0) is 56.0 Å².